The smallest absolute Gasteiger partial charge is 0.220 e. The van der Waals surface area contributed by atoms with E-state index in [4.69, 9.17) is 4.42 Å². The Labute approximate surface area is 151 Å². The number of aromatic hydroxyl groups is 4. The summed E-state index contributed by atoms with van der Waals surface area (Å²) in [6.07, 6.45) is 0.669. The first-order valence-electron chi connectivity index (χ1n) is 8.19. The standard InChI is InChI=1S/C19H15NO7/c21-10-3-1-8(5-11(10)22)15-7-14(25)18-13(24)6-12(23)17(19(18)27-15)9-2-4-16(26)20-9/h1,3,5-7,9,21-24H,2,4H2,(H,20,26). The van der Waals surface area contributed by atoms with E-state index in [1.54, 1.807) is 0 Å². The molecule has 0 aliphatic carbocycles. The van der Waals surface area contributed by atoms with E-state index >= 15 is 0 Å². The molecule has 1 aliphatic heterocycles. The monoisotopic (exact) mass is 369 g/mol. The minimum Gasteiger partial charge on any atom is -0.507 e. The minimum absolute atomic E-state index is 0.0465. The number of benzene rings is 2. The summed E-state index contributed by atoms with van der Waals surface area (Å²) in [4.78, 5) is 24.2. The SMILES string of the molecule is O=C1CCC(c2c(O)cc(O)c3c(=O)cc(-c4ccc(O)c(O)c4)oc23)N1. The lowest BCUT2D eigenvalue weighted by Gasteiger charge is -2.16. The van der Waals surface area contributed by atoms with E-state index in [-0.39, 0.29) is 46.1 Å². The van der Waals surface area contributed by atoms with Crippen molar-refractivity contribution >= 4 is 16.9 Å². The van der Waals surface area contributed by atoms with E-state index < -0.39 is 23.0 Å². The van der Waals surface area contributed by atoms with Crippen LogP contribution in [0.3, 0.4) is 0 Å². The molecule has 138 valence electrons. The molecule has 1 atom stereocenters. The molecular weight excluding hydrogens is 354 g/mol. The van der Waals surface area contributed by atoms with Crippen molar-refractivity contribution < 1.29 is 29.6 Å². The molecule has 2 aromatic carbocycles. The molecule has 1 saturated heterocycles. The fraction of sp³-hybridized carbons (Fsp3) is 0.158. The highest BCUT2D eigenvalue weighted by Crippen LogP contribution is 2.41. The van der Waals surface area contributed by atoms with Crippen LogP contribution >= 0.6 is 0 Å². The zero-order valence-corrected chi connectivity index (χ0v) is 13.9. The Morgan fingerprint density at radius 3 is 2.37 bits per heavy atom. The Morgan fingerprint density at radius 2 is 1.70 bits per heavy atom. The topological polar surface area (TPSA) is 140 Å². The number of fused-ring (bicyclic) bond motifs is 1. The van der Waals surface area contributed by atoms with Gasteiger partial charge < -0.3 is 30.2 Å². The number of phenols is 4. The largest absolute Gasteiger partial charge is 0.507 e. The van der Waals surface area contributed by atoms with Crippen molar-refractivity contribution in [2.45, 2.75) is 18.9 Å². The van der Waals surface area contributed by atoms with E-state index in [1.165, 1.54) is 18.2 Å². The molecule has 1 fully saturated rings. The van der Waals surface area contributed by atoms with Gasteiger partial charge in [0.1, 0.15) is 22.6 Å². The first-order chi connectivity index (χ1) is 12.8. The van der Waals surface area contributed by atoms with Crippen molar-refractivity contribution in [1.82, 2.24) is 5.32 Å². The molecule has 8 heteroatoms. The number of nitrogens with one attached hydrogen (secondary N) is 1. The third-order valence-corrected chi connectivity index (χ3v) is 4.60. The lowest BCUT2D eigenvalue weighted by Crippen LogP contribution is -2.19. The van der Waals surface area contributed by atoms with Gasteiger partial charge in [-0.1, -0.05) is 0 Å². The molecule has 1 aliphatic rings. The maximum absolute atomic E-state index is 12.6. The third-order valence-electron chi connectivity index (χ3n) is 4.60. The van der Waals surface area contributed by atoms with Crippen LogP contribution in [0, 0.1) is 0 Å². The lowest BCUT2D eigenvalue weighted by atomic mass is 9.99. The van der Waals surface area contributed by atoms with Crippen LogP contribution < -0.4 is 10.7 Å². The predicted octanol–water partition coefficient (Wildman–Crippen LogP) is 2.23. The highest BCUT2D eigenvalue weighted by Gasteiger charge is 2.29. The van der Waals surface area contributed by atoms with Crippen LogP contribution in [-0.2, 0) is 4.79 Å². The van der Waals surface area contributed by atoms with E-state index in [9.17, 15) is 30.0 Å². The van der Waals surface area contributed by atoms with Gasteiger partial charge in [0, 0.05) is 24.1 Å². The summed E-state index contributed by atoms with van der Waals surface area (Å²) in [5.74, 6) is -1.59. The van der Waals surface area contributed by atoms with Gasteiger partial charge in [0.2, 0.25) is 5.91 Å². The number of carbonyl (C=O) groups excluding carboxylic acids is 1. The van der Waals surface area contributed by atoms with Crippen LogP contribution in [0.15, 0.2) is 39.5 Å². The van der Waals surface area contributed by atoms with Crippen LogP contribution in [-0.4, -0.2) is 26.3 Å². The summed E-state index contributed by atoms with van der Waals surface area (Å²) in [5.41, 5.74) is -0.0826. The number of carbonyl (C=O) groups is 1. The van der Waals surface area contributed by atoms with Crippen LogP contribution in [0.5, 0.6) is 23.0 Å². The maximum Gasteiger partial charge on any atom is 0.220 e. The molecule has 0 spiro atoms. The molecule has 3 aromatic rings. The van der Waals surface area contributed by atoms with Crippen LogP contribution in [0.2, 0.25) is 0 Å². The number of amides is 1. The number of rotatable bonds is 2. The quantitative estimate of drug-likeness (QED) is 0.436. The molecule has 2 heterocycles. The Bertz CT molecular complexity index is 1150. The molecule has 0 radical (unpaired) electrons. The second-order valence-electron chi connectivity index (χ2n) is 6.37. The highest BCUT2D eigenvalue weighted by atomic mass is 16.3. The van der Waals surface area contributed by atoms with Crippen molar-refractivity contribution in [3.05, 3.63) is 46.1 Å². The first kappa shape index (κ1) is 16.8. The normalized spacial score (nSPS) is 16.6. The van der Waals surface area contributed by atoms with Crippen molar-refractivity contribution in [1.29, 1.82) is 0 Å². The van der Waals surface area contributed by atoms with Gasteiger partial charge in [-0.2, -0.15) is 0 Å². The Morgan fingerprint density at radius 1 is 0.926 bits per heavy atom. The molecule has 8 nitrogen and oxygen atoms in total. The summed E-state index contributed by atoms with van der Waals surface area (Å²) < 4.78 is 5.80. The van der Waals surface area contributed by atoms with E-state index in [2.05, 4.69) is 5.32 Å². The van der Waals surface area contributed by atoms with Gasteiger partial charge in [-0.15, -0.1) is 0 Å². The summed E-state index contributed by atoms with van der Waals surface area (Å²) >= 11 is 0. The fourth-order valence-corrected chi connectivity index (χ4v) is 3.31. The Hall–Kier alpha value is -3.68. The van der Waals surface area contributed by atoms with E-state index in [1.807, 2.05) is 0 Å². The second-order valence-corrected chi connectivity index (χ2v) is 6.37. The van der Waals surface area contributed by atoms with Gasteiger partial charge in [-0.3, -0.25) is 9.59 Å². The molecular formula is C19H15NO7. The Balaban J connectivity index is 2.00. The zero-order chi connectivity index (χ0) is 19.3. The molecule has 1 amide bonds. The lowest BCUT2D eigenvalue weighted by molar-refractivity contribution is -0.119. The van der Waals surface area contributed by atoms with Crippen LogP contribution in [0.1, 0.15) is 24.4 Å². The molecule has 5 N–H and O–H groups in total. The number of hydrogen-bond donors (Lipinski definition) is 5. The minimum atomic E-state index is -0.563. The molecule has 4 rings (SSSR count). The molecule has 0 bridgehead atoms. The van der Waals surface area contributed by atoms with Gasteiger partial charge in [0.05, 0.1) is 11.6 Å². The number of hydrogen-bond acceptors (Lipinski definition) is 7. The summed E-state index contributed by atoms with van der Waals surface area (Å²) in [5, 5.41) is 42.2. The average molecular weight is 369 g/mol. The van der Waals surface area contributed by atoms with Gasteiger partial charge in [-0.25, -0.2) is 0 Å². The Kier molecular flexibility index (Phi) is 3.69. The maximum atomic E-state index is 12.6. The van der Waals surface area contributed by atoms with Gasteiger partial charge >= 0.3 is 0 Å². The van der Waals surface area contributed by atoms with Crippen LogP contribution in [0.25, 0.3) is 22.3 Å². The molecule has 0 saturated carbocycles. The average Bonchev–Trinajstić information content (AvgIpc) is 3.02. The summed E-state index contributed by atoms with van der Waals surface area (Å²) in [6.45, 7) is 0. The van der Waals surface area contributed by atoms with E-state index in [0.29, 0.717) is 12.0 Å². The first-order valence-corrected chi connectivity index (χ1v) is 8.19. The molecule has 1 aromatic heterocycles. The number of phenolic OH excluding ortho intramolecular Hbond substituents is 4. The zero-order valence-electron chi connectivity index (χ0n) is 13.9. The second kappa shape index (κ2) is 5.94. The molecule has 1 unspecified atom stereocenters. The van der Waals surface area contributed by atoms with Crippen LogP contribution in [0.4, 0.5) is 0 Å². The summed E-state index contributed by atoms with van der Waals surface area (Å²) in [7, 11) is 0. The predicted molar refractivity (Wildman–Crippen MR) is 94.7 cm³/mol. The van der Waals surface area contributed by atoms with Gasteiger partial charge in [0.15, 0.2) is 22.5 Å². The summed E-state index contributed by atoms with van der Waals surface area (Å²) in [6, 6.07) is 5.53. The fourth-order valence-electron chi connectivity index (χ4n) is 3.31. The molecule has 27 heavy (non-hydrogen) atoms. The van der Waals surface area contributed by atoms with Gasteiger partial charge in [0.25, 0.3) is 0 Å². The van der Waals surface area contributed by atoms with E-state index in [0.717, 1.165) is 12.1 Å². The van der Waals surface area contributed by atoms with Gasteiger partial charge in [-0.05, 0) is 24.6 Å². The third kappa shape index (κ3) is 2.71. The van der Waals surface area contributed by atoms with Crippen molar-refractivity contribution in [2.24, 2.45) is 0 Å². The van der Waals surface area contributed by atoms with Crippen molar-refractivity contribution in [3.63, 3.8) is 0 Å². The van der Waals surface area contributed by atoms with Crippen molar-refractivity contribution in [2.75, 3.05) is 0 Å². The highest BCUT2D eigenvalue weighted by molar-refractivity contribution is 5.91. The van der Waals surface area contributed by atoms with Crippen molar-refractivity contribution in [3.8, 4) is 34.3 Å².